The molecule has 1 fully saturated rings. The maximum absolute atomic E-state index is 12.9. The van der Waals surface area contributed by atoms with Crippen molar-refractivity contribution in [3.05, 3.63) is 21.6 Å². The highest BCUT2D eigenvalue weighted by atomic mass is 16.6. The Labute approximate surface area is 195 Å². The van der Waals surface area contributed by atoms with Crippen LogP contribution in [0.4, 0.5) is 10.7 Å². The number of hydrogen-bond acceptors (Lipinski definition) is 7. The third-order valence-corrected chi connectivity index (χ3v) is 6.81. The molecule has 9 heteroatoms. The molecule has 1 saturated carbocycles. The zero-order chi connectivity index (χ0) is 24.3. The SMILES string of the molecule is CC[C@H](C1CCC(C(=O)OC)CC1)N(C)c1nc2c(c(=O)[nH]1)CN(C(=O)OC(C)(C)C)CC2. The van der Waals surface area contributed by atoms with Gasteiger partial charge in [0, 0.05) is 26.1 Å². The molecule has 1 N–H and O–H groups in total. The van der Waals surface area contributed by atoms with Crippen LogP contribution in [0.5, 0.6) is 0 Å². The fourth-order valence-electron chi connectivity index (χ4n) is 5.05. The molecular formula is C24H38N4O5. The molecule has 1 aromatic rings. The molecule has 0 radical (unpaired) electrons. The molecule has 184 valence electrons. The average Bonchev–Trinajstić information content (AvgIpc) is 2.78. The van der Waals surface area contributed by atoms with Crippen LogP contribution in [-0.4, -0.2) is 59.3 Å². The summed E-state index contributed by atoms with van der Waals surface area (Å²) in [4.78, 5) is 48.6. The van der Waals surface area contributed by atoms with Gasteiger partial charge >= 0.3 is 12.1 Å². The fourth-order valence-corrected chi connectivity index (χ4v) is 5.05. The van der Waals surface area contributed by atoms with Crippen molar-refractivity contribution < 1.29 is 19.1 Å². The minimum absolute atomic E-state index is 0.0105. The van der Waals surface area contributed by atoms with Crippen LogP contribution in [0, 0.1) is 11.8 Å². The Hall–Kier alpha value is -2.58. The van der Waals surface area contributed by atoms with Crippen LogP contribution >= 0.6 is 0 Å². The Morgan fingerprint density at radius 3 is 2.48 bits per heavy atom. The van der Waals surface area contributed by atoms with E-state index in [0.717, 1.165) is 37.8 Å². The highest BCUT2D eigenvalue weighted by molar-refractivity contribution is 5.72. The summed E-state index contributed by atoms with van der Waals surface area (Å²) < 4.78 is 10.4. The Morgan fingerprint density at radius 1 is 1.24 bits per heavy atom. The molecule has 0 aromatic carbocycles. The number of aromatic amines is 1. The number of carbonyl (C=O) groups excluding carboxylic acids is 2. The van der Waals surface area contributed by atoms with Crippen LogP contribution in [0.3, 0.4) is 0 Å². The lowest BCUT2D eigenvalue weighted by Gasteiger charge is -2.38. The number of aromatic nitrogens is 2. The summed E-state index contributed by atoms with van der Waals surface area (Å²) in [5.74, 6) is 0.857. The third-order valence-electron chi connectivity index (χ3n) is 6.81. The van der Waals surface area contributed by atoms with Crippen molar-refractivity contribution in [1.29, 1.82) is 0 Å². The first-order valence-electron chi connectivity index (χ1n) is 11.9. The van der Waals surface area contributed by atoms with Gasteiger partial charge in [0.2, 0.25) is 5.95 Å². The summed E-state index contributed by atoms with van der Waals surface area (Å²) in [6.45, 7) is 8.28. The topological polar surface area (TPSA) is 105 Å². The second-order valence-corrected chi connectivity index (χ2v) is 10.2. The van der Waals surface area contributed by atoms with Crippen molar-refractivity contribution in [2.75, 3.05) is 25.6 Å². The van der Waals surface area contributed by atoms with E-state index in [9.17, 15) is 14.4 Å². The Balaban J connectivity index is 1.72. The fraction of sp³-hybridized carbons (Fsp3) is 0.750. The van der Waals surface area contributed by atoms with Gasteiger partial charge in [0.15, 0.2) is 0 Å². The van der Waals surface area contributed by atoms with E-state index < -0.39 is 11.7 Å². The normalized spacial score (nSPS) is 21.7. The quantitative estimate of drug-likeness (QED) is 0.670. The lowest BCUT2D eigenvalue weighted by Crippen LogP contribution is -2.44. The van der Waals surface area contributed by atoms with Gasteiger partial charge in [-0.1, -0.05) is 6.92 Å². The van der Waals surface area contributed by atoms with E-state index in [0.29, 0.717) is 30.4 Å². The van der Waals surface area contributed by atoms with E-state index in [1.54, 1.807) is 4.90 Å². The molecule has 2 heterocycles. The largest absolute Gasteiger partial charge is 0.469 e. The van der Waals surface area contributed by atoms with Gasteiger partial charge in [-0.3, -0.25) is 14.6 Å². The number of nitrogens with zero attached hydrogens (tertiary/aromatic N) is 3. The van der Waals surface area contributed by atoms with Gasteiger partial charge in [-0.05, 0) is 58.8 Å². The molecule has 1 aliphatic heterocycles. The zero-order valence-electron chi connectivity index (χ0n) is 20.8. The van der Waals surface area contributed by atoms with Crippen LogP contribution in [0.15, 0.2) is 4.79 Å². The molecular weight excluding hydrogens is 424 g/mol. The molecule has 33 heavy (non-hydrogen) atoms. The molecule has 1 atom stereocenters. The van der Waals surface area contributed by atoms with E-state index in [2.05, 4.69) is 16.8 Å². The Kier molecular flexibility index (Phi) is 7.69. The third kappa shape index (κ3) is 5.86. The minimum atomic E-state index is -0.584. The van der Waals surface area contributed by atoms with Crippen LogP contribution in [-0.2, 0) is 27.2 Å². The molecule has 9 nitrogen and oxygen atoms in total. The molecule has 1 aromatic heterocycles. The predicted octanol–water partition coefficient (Wildman–Crippen LogP) is 3.26. The van der Waals surface area contributed by atoms with E-state index in [1.807, 2.05) is 27.8 Å². The number of anilines is 1. The first-order chi connectivity index (χ1) is 15.5. The van der Waals surface area contributed by atoms with Crippen LogP contribution < -0.4 is 10.5 Å². The van der Waals surface area contributed by atoms with E-state index in [-0.39, 0.29) is 30.0 Å². The molecule has 3 rings (SSSR count). The van der Waals surface area contributed by atoms with Gasteiger partial charge in [-0.25, -0.2) is 9.78 Å². The minimum Gasteiger partial charge on any atom is -0.469 e. The average molecular weight is 463 g/mol. The van der Waals surface area contributed by atoms with Gasteiger partial charge < -0.3 is 19.3 Å². The van der Waals surface area contributed by atoms with Crippen LogP contribution in [0.2, 0.25) is 0 Å². The molecule has 2 aliphatic rings. The predicted molar refractivity (Wildman–Crippen MR) is 125 cm³/mol. The summed E-state index contributed by atoms with van der Waals surface area (Å²) >= 11 is 0. The second kappa shape index (κ2) is 10.1. The van der Waals surface area contributed by atoms with E-state index in [4.69, 9.17) is 14.5 Å². The van der Waals surface area contributed by atoms with Crippen molar-refractivity contribution in [2.24, 2.45) is 11.8 Å². The summed E-state index contributed by atoms with van der Waals surface area (Å²) in [5, 5.41) is 0. The first-order valence-corrected chi connectivity index (χ1v) is 11.9. The second-order valence-electron chi connectivity index (χ2n) is 10.2. The maximum Gasteiger partial charge on any atom is 0.410 e. The van der Waals surface area contributed by atoms with Gasteiger partial charge in [0.05, 0.1) is 30.8 Å². The number of nitrogens with one attached hydrogen (secondary N) is 1. The number of amides is 1. The Bertz CT molecular complexity index is 914. The number of methoxy groups -OCH3 is 1. The number of rotatable bonds is 5. The standard InChI is InChI=1S/C24H38N4O5/c1-7-19(15-8-10-16(11-9-15)21(30)32-6)27(5)22-25-18-12-13-28(14-17(18)20(29)26-22)23(31)33-24(2,3)4/h15-16,19H,7-14H2,1-6H3,(H,25,26,29)/t15?,16?,19-/m1/s1. The molecule has 0 spiro atoms. The molecule has 0 bridgehead atoms. The van der Waals surface area contributed by atoms with E-state index >= 15 is 0 Å². The highest BCUT2D eigenvalue weighted by Crippen LogP contribution is 2.35. The number of H-pyrrole nitrogens is 1. The van der Waals surface area contributed by atoms with Crippen LogP contribution in [0.1, 0.15) is 71.1 Å². The number of ether oxygens (including phenoxy) is 2. The van der Waals surface area contributed by atoms with Crippen molar-refractivity contribution in [2.45, 2.75) is 84.4 Å². The maximum atomic E-state index is 12.9. The zero-order valence-corrected chi connectivity index (χ0v) is 20.8. The first kappa shape index (κ1) is 25.1. The van der Waals surface area contributed by atoms with Gasteiger partial charge in [0.25, 0.3) is 5.56 Å². The molecule has 0 saturated heterocycles. The number of carbonyl (C=O) groups is 2. The van der Waals surface area contributed by atoms with E-state index in [1.165, 1.54) is 7.11 Å². The lowest BCUT2D eigenvalue weighted by atomic mass is 9.77. The Morgan fingerprint density at radius 2 is 1.91 bits per heavy atom. The van der Waals surface area contributed by atoms with Crippen molar-refractivity contribution in [3.63, 3.8) is 0 Å². The summed E-state index contributed by atoms with van der Waals surface area (Å²) in [5.41, 5.74) is 0.472. The smallest absolute Gasteiger partial charge is 0.410 e. The monoisotopic (exact) mass is 462 g/mol. The van der Waals surface area contributed by atoms with Gasteiger partial charge in [0.1, 0.15) is 5.60 Å². The van der Waals surface area contributed by atoms with Gasteiger partial charge in [-0.2, -0.15) is 0 Å². The summed E-state index contributed by atoms with van der Waals surface area (Å²) in [7, 11) is 3.42. The molecule has 0 unspecified atom stereocenters. The van der Waals surface area contributed by atoms with Gasteiger partial charge in [-0.15, -0.1) is 0 Å². The molecule has 1 aliphatic carbocycles. The highest BCUT2D eigenvalue weighted by Gasteiger charge is 2.34. The van der Waals surface area contributed by atoms with Crippen molar-refractivity contribution in [3.8, 4) is 0 Å². The number of fused-ring (bicyclic) bond motifs is 1. The molecule has 1 amide bonds. The van der Waals surface area contributed by atoms with Crippen molar-refractivity contribution in [1.82, 2.24) is 14.9 Å². The number of esters is 1. The van der Waals surface area contributed by atoms with Crippen molar-refractivity contribution >= 4 is 18.0 Å². The summed E-state index contributed by atoms with van der Waals surface area (Å²) in [6, 6.07) is 0.214. The number of hydrogen-bond donors (Lipinski definition) is 1. The lowest BCUT2D eigenvalue weighted by molar-refractivity contribution is -0.146. The summed E-state index contributed by atoms with van der Waals surface area (Å²) in [6.07, 6.45) is 4.57. The van der Waals surface area contributed by atoms with Crippen LogP contribution in [0.25, 0.3) is 0 Å².